The van der Waals surface area contributed by atoms with Gasteiger partial charge in [0.1, 0.15) is 0 Å². The van der Waals surface area contributed by atoms with Crippen LogP contribution in [0.4, 0.5) is 22.0 Å². The first kappa shape index (κ1) is 20.2. The Labute approximate surface area is 146 Å². The number of hydrogen-bond donors (Lipinski definition) is 1. The quantitative estimate of drug-likeness (QED) is 0.732. The number of alkyl halides is 5. The Hall–Kier alpha value is -2.10. The Morgan fingerprint density at radius 3 is 2.54 bits per heavy atom. The van der Waals surface area contributed by atoms with Crippen LogP contribution in [0.25, 0.3) is 0 Å². The van der Waals surface area contributed by atoms with E-state index < -0.39 is 37.1 Å². The summed E-state index contributed by atoms with van der Waals surface area (Å²) in [5.41, 5.74) is 0.197. The third-order valence-electron chi connectivity index (χ3n) is 4.09. The standard InChI is InChI=1S/C16H18F5NO4/c1-2-25-12-5-3-4-9(13(12)26-15(17)18)6-22-7-10(14(23)24)11(8-22)16(19,20)21/h3-5,10-11,15H,2,6-8H2,1H3,(H,23,24)/t10-,11-/m1/s1. The molecule has 1 heterocycles. The highest BCUT2D eigenvalue weighted by Crippen LogP contribution is 2.40. The number of para-hydroxylation sites is 1. The Balaban J connectivity index is 2.25. The fourth-order valence-electron chi connectivity index (χ4n) is 3.01. The molecule has 1 aromatic rings. The number of carboxylic acids is 1. The Morgan fingerprint density at radius 2 is 2.04 bits per heavy atom. The van der Waals surface area contributed by atoms with Gasteiger partial charge in [0.25, 0.3) is 0 Å². The molecule has 0 aromatic heterocycles. The Morgan fingerprint density at radius 1 is 1.35 bits per heavy atom. The molecule has 1 aliphatic heterocycles. The van der Waals surface area contributed by atoms with Crippen LogP contribution in [0.3, 0.4) is 0 Å². The lowest BCUT2D eigenvalue weighted by Crippen LogP contribution is -2.33. The van der Waals surface area contributed by atoms with Gasteiger partial charge in [-0.3, -0.25) is 9.69 Å². The SMILES string of the molecule is CCOc1cccc(CN2C[C@@H](C(F)(F)F)[C@H](C(=O)O)C2)c1OC(F)F. The summed E-state index contributed by atoms with van der Waals surface area (Å²) in [5.74, 6) is -5.38. The molecule has 0 amide bonds. The predicted molar refractivity (Wildman–Crippen MR) is 80.2 cm³/mol. The van der Waals surface area contributed by atoms with Crippen molar-refractivity contribution in [3.8, 4) is 11.5 Å². The summed E-state index contributed by atoms with van der Waals surface area (Å²) in [7, 11) is 0. The molecule has 0 aliphatic carbocycles. The van der Waals surface area contributed by atoms with Gasteiger partial charge in [-0.25, -0.2) is 0 Å². The largest absolute Gasteiger partial charge is 0.490 e. The molecule has 1 aromatic carbocycles. The van der Waals surface area contributed by atoms with Gasteiger partial charge in [0.2, 0.25) is 0 Å². The topological polar surface area (TPSA) is 59.0 Å². The number of halogens is 5. The van der Waals surface area contributed by atoms with Crippen LogP contribution >= 0.6 is 0 Å². The summed E-state index contributed by atoms with van der Waals surface area (Å²) in [5, 5.41) is 9.05. The fraction of sp³-hybridized carbons (Fsp3) is 0.562. The van der Waals surface area contributed by atoms with Crippen molar-refractivity contribution in [1.29, 1.82) is 0 Å². The second-order valence-electron chi connectivity index (χ2n) is 5.84. The molecule has 0 spiro atoms. The highest BCUT2D eigenvalue weighted by atomic mass is 19.4. The number of carboxylic acid groups (broad SMARTS) is 1. The maximum absolute atomic E-state index is 13.1. The van der Waals surface area contributed by atoms with Crippen LogP contribution in [0.2, 0.25) is 0 Å². The third-order valence-corrected chi connectivity index (χ3v) is 4.09. The Bertz CT molecular complexity index is 638. The zero-order valence-corrected chi connectivity index (χ0v) is 13.8. The van der Waals surface area contributed by atoms with E-state index in [1.165, 1.54) is 23.1 Å². The molecule has 0 saturated carbocycles. The normalized spacial score (nSPS) is 21.2. The molecule has 146 valence electrons. The summed E-state index contributed by atoms with van der Waals surface area (Å²) in [6.07, 6.45) is -4.66. The van der Waals surface area contributed by atoms with Crippen LogP contribution in [0.15, 0.2) is 18.2 Å². The fourth-order valence-corrected chi connectivity index (χ4v) is 3.01. The molecule has 26 heavy (non-hydrogen) atoms. The zero-order chi connectivity index (χ0) is 19.5. The monoisotopic (exact) mass is 383 g/mol. The molecular weight excluding hydrogens is 365 g/mol. The van der Waals surface area contributed by atoms with E-state index in [9.17, 15) is 26.7 Å². The second-order valence-corrected chi connectivity index (χ2v) is 5.84. The van der Waals surface area contributed by atoms with Crippen molar-refractivity contribution in [1.82, 2.24) is 4.90 Å². The molecule has 1 saturated heterocycles. The van der Waals surface area contributed by atoms with Gasteiger partial charge in [0, 0.05) is 25.2 Å². The summed E-state index contributed by atoms with van der Waals surface area (Å²) >= 11 is 0. The number of nitrogens with zero attached hydrogens (tertiary/aromatic N) is 1. The molecule has 1 N–H and O–H groups in total. The van der Waals surface area contributed by atoms with E-state index >= 15 is 0 Å². The first-order valence-corrected chi connectivity index (χ1v) is 7.84. The highest BCUT2D eigenvalue weighted by molar-refractivity contribution is 5.71. The molecule has 2 rings (SSSR count). The number of hydrogen-bond acceptors (Lipinski definition) is 4. The summed E-state index contributed by atoms with van der Waals surface area (Å²) < 4.78 is 74.3. The van der Waals surface area contributed by atoms with Crippen LogP contribution in [0, 0.1) is 11.8 Å². The number of benzene rings is 1. The number of aliphatic carboxylic acids is 1. The minimum atomic E-state index is -4.66. The van der Waals surface area contributed by atoms with Crippen molar-refractivity contribution in [2.24, 2.45) is 11.8 Å². The van der Waals surface area contributed by atoms with Crippen LogP contribution in [-0.4, -0.2) is 48.5 Å². The van der Waals surface area contributed by atoms with E-state index in [-0.39, 0.29) is 36.8 Å². The minimum absolute atomic E-state index is 0.0478. The van der Waals surface area contributed by atoms with Gasteiger partial charge < -0.3 is 14.6 Å². The maximum Gasteiger partial charge on any atom is 0.393 e. The second kappa shape index (κ2) is 8.07. The van der Waals surface area contributed by atoms with E-state index in [4.69, 9.17) is 9.84 Å². The number of likely N-dealkylation sites (tertiary alicyclic amines) is 1. The van der Waals surface area contributed by atoms with Crippen molar-refractivity contribution in [3.63, 3.8) is 0 Å². The molecule has 0 bridgehead atoms. The summed E-state index contributed by atoms with van der Waals surface area (Å²) in [4.78, 5) is 12.4. The van der Waals surface area contributed by atoms with Gasteiger partial charge in [-0.05, 0) is 13.0 Å². The third kappa shape index (κ3) is 4.75. The van der Waals surface area contributed by atoms with Gasteiger partial charge in [0.05, 0.1) is 18.4 Å². The Kier molecular flexibility index (Phi) is 6.27. The molecule has 0 radical (unpaired) electrons. The molecule has 2 atom stereocenters. The van der Waals surface area contributed by atoms with Crippen molar-refractivity contribution >= 4 is 5.97 Å². The van der Waals surface area contributed by atoms with E-state index in [1.807, 2.05) is 0 Å². The van der Waals surface area contributed by atoms with E-state index in [0.29, 0.717) is 0 Å². The lowest BCUT2D eigenvalue weighted by molar-refractivity contribution is -0.188. The molecular formula is C16H18F5NO4. The molecule has 0 unspecified atom stereocenters. The van der Waals surface area contributed by atoms with Crippen LogP contribution in [0.1, 0.15) is 12.5 Å². The summed E-state index contributed by atoms with van der Waals surface area (Å²) in [6.45, 7) is -2.35. The highest BCUT2D eigenvalue weighted by Gasteiger charge is 2.52. The molecule has 10 heteroatoms. The maximum atomic E-state index is 13.1. The zero-order valence-electron chi connectivity index (χ0n) is 13.8. The van der Waals surface area contributed by atoms with E-state index in [2.05, 4.69) is 4.74 Å². The smallest absolute Gasteiger partial charge is 0.393 e. The van der Waals surface area contributed by atoms with Crippen molar-refractivity contribution < 1.29 is 41.3 Å². The van der Waals surface area contributed by atoms with Gasteiger partial charge in [-0.1, -0.05) is 12.1 Å². The van der Waals surface area contributed by atoms with Gasteiger partial charge in [0.15, 0.2) is 11.5 Å². The lowest BCUT2D eigenvalue weighted by Gasteiger charge is -2.20. The van der Waals surface area contributed by atoms with Crippen LogP contribution in [0.5, 0.6) is 11.5 Å². The average Bonchev–Trinajstić information content (AvgIpc) is 2.95. The van der Waals surface area contributed by atoms with Gasteiger partial charge in [-0.15, -0.1) is 0 Å². The average molecular weight is 383 g/mol. The number of rotatable bonds is 7. The summed E-state index contributed by atoms with van der Waals surface area (Å²) in [6, 6.07) is 4.34. The molecule has 1 fully saturated rings. The van der Waals surface area contributed by atoms with Gasteiger partial charge >= 0.3 is 18.8 Å². The number of carbonyl (C=O) groups is 1. The van der Waals surface area contributed by atoms with E-state index in [0.717, 1.165) is 0 Å². The van der Waals surface area contributed by atoms with Crippen molar-refractivity contribution in [2.75, 3.05) is 19.7 Å². The predicted octanol–water partition coefficient (Wildman–Crippen LogP) is 3.38. The number of ether oxygens (including phenoxy) is 2. The molecule has 1 aliphatic rings. The first-order valence-electron chi connectivity index (χ1n) is 7.84. The lowest BCUT2D eigenvalue weighted by atomic mass is 9.96. The van der Waals surface area contributed by atoms with E-state index in [1.54, 1.807) is 6.92 Å². The van der Waals surface area contributed by atoms with Gasteiger partial charge in [-0.2, -0.15) is 22.0 Å². The van der Waals surface area contributed by atoms with Crippen LogP contribution < -0.4 is 9.47 Å². The van der Waals surface area contributed by atoms with Crippen LogP contribution in [-0.2, 0) is 11.3 Å². The van der Waals surface area contributed by atoms with Crippen molar-refractivity contribution in [3.05, 3.63) is 23.8 Å². The molecule has 5 nitrogen and oxygen atoms in total. The minimum Gasteiger partial charge on any atom is -0.490 e. The first-order chi connectivity index (χ1) is 12.1. The van der Waals surface area contributed by atoms with Crippen molar-refractivity contribution in [2.45, 2.75) is 26.3 Å².